The maximum atomic E-state index is 14.4. The van der Waals surface area contributed by atoms with Crippen LogP contribution in [0.4, 0.5) is 22.0 Å². The molecule has 3 heterocycles. The lowest BCUT2D eigenvalue weighted by Gasteiger charge is -2.17. The van der Waals surface area contributed by atoms with Gasteiger partial charge in [0, 0.05) is 11.6 Å². The highest BCUT2D eigenvalue weighted by molar-refractivity contribution is 7.89. The third-order valence-corrected chi connectivity index (χ3v) is 7.23. The van der Waals surface area contributed by atoms with E-state index >= 15 is 0 Å². The minimum absolute atomic E-state index is 0.00963. The van der Waals surface area contributed by atoms with Gasteiger partial charge in [-0.1, -0.05) is 0 Å². The third kappa shape index (κ3) is 4.77. The number of benzene rings is 1. The summed E-state index contributed by atoms with van der Waals surface area (Å²) in [4.78, 5) is 7.79. The largest absolute Gasteiger partial charge is 0.404 e. The standard InChI is InChI=1S/C24H18F5N5O2S/c1-12-8-21-16(9-19(12)26)17(10-30)23(34(21)22-7-5-18(25)13(2)32-22)20-6-4-15(11-31-20)37(35,36)33-14(3)24(27,28)29/h4-9,11,14,33H,1-3H3. The van der Waals surface area contributed by atoms with Crippen LogP contribution in [0.1, 0.15) is 23.7 Å². The number of sulfonamides is 1. The van der Waals surface area contributed by atoms with Crippen molar-refractivity contribution in [2.24, 2.45) is 0 Å². The molecule has 0 amide bonds. The lowest BCUT2D eigenvalue weighted by atomic mass is 10.1. The first-order chi connectivity index (χ1) is 17.2. The van der Waals surface area contributed by atoms with Gasteiger partial charge in [0.2, 0.25) is 10.0 Å². The Hall–Kier alpha value is -3.89. The van der Waals surface area contributed by atoms with Crippen molar-refractivity contribution in [1.29, 1.82) is 5.26 Å². The van der Waals surface area contributed by atoms with Crippen LogP contribution in [0.5, 0.6) is 0 Å². The van der Waals surface area contributed by atoms with Crippen LogP contribution in [0.15, 0.2) is 47.5 Å². The molecule has 0 spiro atoms. The number of nitrogens with zero attached hydrogens (tertiary/aromatic N) is 4. The smallest absolute Gasteiger partial charge is 0.291 e. The summed E-state index contributed by atoms with van der Waals surface area (Å²) in [5.74, 6) is -0.960. The van der Waals surface area contributed by atoms with Crippen LogP contribution in [0, 0.1) is 36.8 Å². The first-order valence-electron chi connectivity index (χ1n) is 10.7. The van der Waals surface area contributed by atoms with Gasteiger partial charge in [0.25, 0.3) is 0 Å². The normalized spacial score (nSPS) is 13.1. The van der Waals surface area contributed by atoms with Gasteiger partial charge < -0.3 is 0 Å². The van der Waals surface area contributed by atoms with Crippen LogP contribution in [0.25, 0.3) is 28.1 Å². The minimum Gasteiger partial charge on any atom is -0.291 e. The zero-order chi connectivity index (χ0) is 27.3. The number of nitrogens with one attached hydrogen (secondary N) is 1. The van der Waals surface area contributed by atoms with Crippen molar-refractivity contribution >= 4 is 20.9 Å². The number of nitriles is 1. The number of aryl methyl sites for hydroxylation is 2. The maximum Gasteiger partial charge on any atom is 0.404 e. The first kappa shape index (κ1) is 26.2. The van der Waals surface area contributed by atoms with E-state index in [9.17, 15) is 35.6 Å². The Morgan fingerprint density at radius 2 is 1.78 bits per heavy atom. The van der Waals surface area contributed by atoms with Gasteiger partial charge in [-0.3, -0.25) is 9.55 Å². The summed E-state index contributed by atoms with van der Waals surface area (Å²) in [5.41, 5.74) is 0.842. The summed E-state index contributed by atoms with van der Waals surface area (Å²) in [5, 5.41) is 10.2. The molecule has 0 radical (unpaired) electrons. The molecule has 0 aliphatic rings. The Morgan fingerprint density at radius 1 is 1.08 bits per heavy atom. The number of aromatic nitrogens is 3. The van der Waals surface area contributed by atoms with E-state index in [1.807, 2.05) is 6.07 Å². The highest BCUT2D eigenvalue weighted by Crippen LogP contribution is 2.36. The van der Waals surface area contributed by atoms with Gasteiger partial charge in [0.05, 0.1) is 28.2 Å². The van der Waals surface area contributed by atoms with Gasteiger partial charge in [-0.15, -0.1) is 0 Å². The van der Waals surface area contributed by atoms with Crippen molar-refractivity contribution in [3.63, 3.8) is 0 Å². The summed E-state index contributed by atoms with van der Waals surface area (Å²) in [6, 6.07) is 7.08. The highest BCUT2D eigenvalue weighted by Gasteiger charge is 2.39. The SMILES string of the molecule is Cc1cc2c(cc1F)c(C#N)c(-c1ccc(S(=O)(=O)NC(C)C(F)(F)F)cn1)n2-c1ccc(F)c(C)n1. The van der Waals surface area contributed by atoms with E-state index in [0.29, 0.717) is 12.4 Å². The van der Waals surface area contributed by atoms with Gasteiger partial charge in [-0.05, 0) is 62.7 Å². The number of fused-ring (bicyclic) bond motifs is 1. The second kappa shape index (κ2) is 9.20. The second-order valence-electron chi connectivity index (χ2n) is 8.29. The van der Waals surface area contributed by atoms with E-state index in [1.165, 1.54) is 53.5 Å². The molecule has 1 unspecified atom stereocenters. The van der Waals surface area contributed by atoms with Crippen molar-refractivity contribution in [3.05, 3.63) is 71.1 Å². The first-order valence-corrected chi connectivity index (χ1v) is 12.2. The van der Waals surface area contributed by atoms with Crippen LogP contribution in [0.2, 0.25) is 0 Å². The summed E-state index contributed by atoms with van der Waals surface area (Å²) >= 11 is 0. The van der Waals surface area contributed by atoms with Crippen molar-refractivity contribution in [3.8, 4) is 23.3 Å². The lowest BCUT2D eigenvalue weighted by molar-refractivity contribution is -0.147. The number of hydrogen-bond acceptors (Lipinski definition) is 5. The van der Waals surface area contributed by atoms with E-state index < -0.39 is 38.8 Å². The van der Waals surface area contributed by atoms with E-state index in [2.05, 4.69) is 9.97 Å². The monoisotopic (exact) mass is 535 g/mol. The fourth-order valence-corrected chi connectivity index (χ4v) is 4.88. The van der Waals surface area contributed by atoms with E-state index in [1.54, 1.807) is 0 Å². The maximum absolute atomic E-state index is 14.4. The molecule has 0 aliphatic carbocycles. The number of alkyl halides is 3. The van der Waals surface area contributed by atoms with Crippen molar-refractivity contribution in [1.82, 2.24) is 19.3 Å². The quantitative estimate of drug-likeness (QED) is 0.359. The molecule has 0 aliphatic heterocycles. The molecule has 0 saturated carbocycles. The minimum atomic E-state index is -4.79. The van der Waals surface area contributed by atoms with Crippen molar-refractivity contribution < 1.29 is 30.4 Å². The van der Waals surface area contributed by atoms with E-state index in [4.69, 9.17) is 0 Å². The van der Waals surface area contributed by atoms with Crippen molar-refractivity contribution in [2.45, 2.75) is 37.9 Å². The molecule has 0 saturated heterocycles. The molecule has 37 heavy (non-hydrogen) atoms. The Labute approximate surface area is 208 Å². The number of rotatable bonds is 5. The molecule has 192 valence electrons. The molecular formula is C24H18F5N5O2S. The zero-order valence-corrected chi connectivity index (χ0v) is 20.3. The average molecular weight is 535 g/mol. The van der Waals surface area contributed by atoms with Crippen LogP contribution in [-0.2, 0) is 10.0 Å². The van der Waals surface area contributed by atoms with Gasteiger partial charge in [0.15, 0.2) is 0 Å². The van der Waals surface area contributed by atoms with Crippen LogP contribution in [-0.4, -0.2) is 35.2 Å². The Kier molecular flexibility index (Phi) is 6.51. The summed E-state index contributed by atoms with van der Waals surface area (Å²) in [6.07, 6.45) is -3.95. The van der Waals surface area contributed by atoms with Crippen molar-refractivity contribution in [2.75, 3.05) is 0 Å². The lowest BCUT2D eigenvalue weighted by Crippen LogP contribution is -2.42. The predicted octanol–water partition coefficient (Wildman–Crippen LogP) is 5.08. The molecule has 0 fully saturated rings. The van der Waals surface area contributed by atoms with Gasteiger partial charge in [0.1, 0.15) is 34.5 Å². The average Bonchev–Trinajstić information content (AvgIpc) is 3.13. The Bertz CT molecular complexity index is 1670. The Morgan fingerprint density at radius 3 is 2.35 bits per heavy atom. The van der Waals surface area contributed by atoms with Crippen LogP contribution in [0.3, 0.4) is 0 Å². The third-order valence-electron chi connectivity index (χ3n) is 5.71. The topological polar surface area (TPSA) is 101 Å². The molecule has 0 bridgehead atoms. The fourth-order valence-electron chi connectivity index (χ4n) is 3.71. The van der Waals surface area contributed by atoms with Gasteiger partial charge >= 0.3 is 6.18 Å². The van der Waals surface area contributed by atoms with Crippen LogP contribution >= 0.6 is 0 Å². The molecule has 1 N–H and O–H groups in total. The molecule has 3 aromatic heterocycles. The van der Waals surface area contributed by atoms with Gasteiger partial charge in [-0.2, -0.15) is 23.2 Å². The molecular weight excluding hydrogens is 517 g/mol. The van der Waals surface area contributed by atoms with Gasteiger partial charge in [-0.25, -0.2) is 22.2 Å². The molecule has 13 heteroatoms. The predicted molar refractivity (Wildman–Crippen MR) is 124 cm³/mol. The number of halogens is 5. The summed E-state index contributed by atoms with van der Waals surface area (Å²) < 4.78 is 94.8. The molecule has 4 rings (SSSR count). The molecule has 1 aromatic carbocycles. The zero-order valence-electron chi connectivity index (χ0n) is 19.5. The molecule has 7 nitrogen and oxygen atoms in total. The van der Waals surface area contributed by atoms with Crippen LogP contribution < -0.4 is 4.72 Å². The van der Waals surface area contributed by atoms with E-state index in [0.717, 1.165) is 12.3 Å². The summed E-state index contributed by atoms with van der Waals surface area (Å²) in [7, 11) is -4.57. The summed E-state index contributed by atoms with van der Waals surface area (Å²) in [6.45, 7) is 3.62. The number of hydrogen-bond donors (Lipinski definition) is 1. The van der Waals surface area contributed by atoms with E-state index in [-0.39, 0.29) is 39.4 Å². The number of pyridine rings is 2. The highest BCUT2D eigenvalue weighted by atomic mass is 32.2. The molecule has 1 atom stereocenters. The fraction of sp³-hybridized carbons (Fsp3) is 0.208. The Balaban J connectivity index is 1.93. The molecule has 4 aromatic rings. The second-order valence-corrected chi connectivity index (χ2v) is 10.0.